The van der Waals surface area contributed by atoms with E-state index in [-0.39, 0.29) is 0 Å². The van der Waals surface area contributed by atoms with Crippen LogP contribution in [0.1, 0.15) is 38.3 Å². The summed E-state index contributed by atoms with van der Waals surface area (Å²) in [6.45, 7) is 2.63. The zero-order valence-electron chi connectivity index (χ0n) is 15.8. The summed E-state index contributed by atoms with van der Waals surface area (Å²) >= 11 is 0. The number of pyridine rings is 1. The minimum Gasteiger partial charge on any atom is -0.363 e. The van der Waals surface area contributed by atoms with Crippen LogP contribution in [0.4, 0.5) is 5.82 Å². The average molecular weight is 366 g/mol. The third-order valence-electron chi connectivity index (χ3n) is 4.53. The van der Waals surface area contributed by atoms with Crippen molar-refractivity contribution in [1.29, 1.82) is 0 Å². The highest BCUT2D eigenvalue weighted by molar-refractivity contribution is 7.85. The van der Waals surface area contributed by atoms with Crippen LogP contribution < -0.4 is 15.5 Å². The molecule has 0 saturated heterocycles. The Morgan fingerprint density at radius 1 is 1.40 bits per heavy atom. The van der Waals surface area contributed by atoms with Gasteiger partial charge in [-0.2, -0.15) is 0 Å². The molecule has 1 aromatic heterocycles. The van der Waals surface area contributed by atoms with Gasteiger partial charge < -0.3 is 15.5 Å². The summed E-state index contributed by atoms with van der Waals surface area (Å²) in [7, 11) is 5.05. The van der Waals surface area contributed by atoms with E-state index in [4.69, 9.17) is 0 Å². The molecular formula is C18H31N5OS. The highest BCUT2D eigenvalue weighted by Crippen LogP contribution is 2.23. The maximum atomic E-state index is 12.1. The first kappa shape index (κ1) is 19.7. The molecule has 140 valence electrons. The van der Waals surface area contributed by atoms with Gasteiger partial charge in [0.1, 0.15) is 5.82 Å². The zero-order valence-corrected chi connectivity index (χ0v) is 16.6. The standard InChI is InChI=1S/C18H31N5OS/c1-5-25(24)16-10-6-8-14(12-16)22-18(19-2)20-13-15-9-7-11-17(21-15)23(3)4/h7,9,11,14,16H,5-6,8,10,12-13H2,1-4H3,(H2,19,20,22). The lowest BCUT2D eigenvalue weighted by atomic mass is 9.95. The van der Waals surface area contributed by atoms with Gasteiger partial charge in [-0.15, -0.1) is 0 Å². The van der Waals surface area contributed by atoms with Gasteiger partial charge in [-0.05, 0) is 31.4 Å². The molecule has 2 rings (SSSR count). The molecule has 6 nitrogen and oxygen atoms in total. The average Bonchev–Trinajstić information content (AvgIpc) is 2.64. The Balaban J connectivity index is 1.88. The van der Waals surface area contributed by atoms with E-state index in [2.05, 4.69) is 20.6 Å². The molecule has 25 heavy (non-hydrogen) atoms. The minimum absolute atomic E-state index is 0.313. The molecule has 0 radical (unpaired) electrons. The van der Waals surface area contributed by atoms with E-state index in [9.17, 15) is 4.21 Å². The molecular weight excluding hydrogens is 334 g/mol. The summed E-state index contributed by atoms with van der Waals surface area (Å²) in [5.74, 6) is 2.47. The Morgan fingerprint density at radius 2 is 2.20 bits per heavy atom. The summed E-state index contributed by atoms with van der Waals surface area (Å²) in [6.07, 6.45) is 4.26. The summed E-state index contributed by atoms with van der Waals surface area (Å²) < 4.78 is 12.1. The Hall–Kier alpha value is -1.63. The fourth-order valence-electron chi connectivity index (χ4n) is 3.13. The van der Waals surface area contributed by atoms with E-state index < -0.39 is 10.8 Å². The maximum absolute atomic E-state index is 12.1. The molecule has 1 aliphatic rings. The van der Waals surface area contributed by atoms with E-state index in [1.807, 2.05) is 44.1 Å². The number of anilines is 1. The number of aliphatic imine (C=N–C) groups is 1. The van der Waals surface area contributed by atoms with Crippen LogP contribution in [0.2, 0.25) is 0 Å². The Kier molecular flexibility index (Phi) is 7.68. The molecule has 1 aromatic rings. The van der Waals surface area contributed by atoms with E-state index in [0.717, 1.165) is 48.9 Å². The molecule has 0 aromatic carbocycles. The van der Waals surface area contributed by atoms with Crippen LogP contribution in [0.5, 0.6) is 0 Å². The van der Waals surface area contributed by atoms with Crippen LogP contribution in [0.3, 0.4) is 0 Å². The first-order valence-corrected chi connectivity index (χ1v) is 10.4. The molecule has 7 heteroatoms. The number of nitrogens with zero attached hydrogens (tertiary/aromatic N) is 3. The second-order valence-corrected chi connectivity index (χ2v) is 8.61. The molecule has 0 bridgehead atoms. The molecule has 0 spiro atoms. The van der Waals surface area contributed by atoms with Crippen molar-refractivity contribution in [3.05, 3.63) is 23.9 Å². The van der Waals surface area contributed by atoms with E-state index in [1.165, 1.54) is 0 Å². The van der Waals surface area contributed by atoms with Gasteiger partial charge in [-0.1, -0.05) is 19.4 Å². The van der Waals surface area contributed by atoms with Crippen molar-refractivity contribution in [2.24, 2.45) is 4.99 Å². The minimum atomic E-state index is -0.706. The largest absolute Gasteiger partial charge is 0.363 e. The number of rotatable bonds is 6. The van der Waals surface area contributed by atoms with Crippen LogP contribution in [0.25, 0.3) is 0 Å². The first-order chi connectivity index (χ1) is 12.0. The summed E-state index contributed by atoms with van der Waals surface area (Å²) in [6, 6.07) is 6.35. The topological polar surface area (TPSA) is 69.6 Å². The van der Waals surface area contributed by atoms with E-state index in [0.29, 0.717) is 17.8 Å². The molecule has 0 aliphatic heterocycles. The molecule has 1 aliphatic carbocycles. The number of aromatic nitrogens is 1. The SMILES string of the molecule is CCS(=O)C1CCCC(NC(=NC)NCc2cccc(N(C)C)n2)C1. The van der Waals surface area contributed by atoms with E-state index >= 15 is 0 Å². The number of guanidine groups is 1. The van der Waals surface area contributed by atoms with Crippen molar-refractivity contribution in [3.63, 3.8) is 0 Å². The fraction of sp³-hybridized carbons (Fsp3) is 0.667. The predicted molar refractivity (Wildman–Crippen MR) is 107 cm³/mol. The monoisotopic (exact) mass is 365 g/mol. The predicted octanol–water partition coefficient (Wildman–Crippen LogP) is 1.89. The van der Waals surface area contributed by atoms with Crippen LogP contribution in [0, 0.1) is 0 Å². The lowest BCUT2D eigenvalue weighted by molar-refractivity contribution is 0.413. The number of nitrogens with one attached hydrogen (secondary N) is 2. The van der Waals surface area contributed by atoms with Crippen molar-refractivity contribution in [3.8, 4) is 0 Å². The van der Waals surface area contributed by atoms with Gasteiger partial charge in [-0.3, -0.25) is 9.20 Å². The summed E-state index contributed by atoms with van der Waals surface area (Å²) in [4.78, 5) is 10.9. The maximum Gasteiger partial charge on any atom is 0.191 e. The summed E-state index contributed by atoms with van der Waals surface area (Å²) in [5, 5.41) is 7.14. The third kappa shape index (κ3) is 5.99. The van der Waals surface area contributed by atoms with Gasteiger partial charge in [-0.25, -0.2) is 4.98 Å². The Morgan fingerprint density at radius 3 is 2.88 bits per heavy atom. The van der Waals surface area contributed by atoms with Crippen LogP contribution in [-0.2, 0) is 17.3 Å². The van der Waals surface area contributed by atoms with Crippen molar-refractivity contribution in [2.45, 2.75) is 50.4 Å². The van der Waals surface area contributed by atoms with Gasteiger partial charge in [0.15, 0.2) is 5.96 Å². The van der Waals surface area contributed by atoms with Gasteiger partial charge >= 0.3 is 0 Å². The molecule has 1 saturated carbocycles. The fourth-order valence-corrected chi connectivity index (χ4v) is 4.48. The molecule has 0 amide bonds. The van der Waals surface area contributed by atoms with Crippen LogP contribution in [-0.4, -0.2) is 53.3 Å². The van der Waals surface area contributed by atoms with Crippen molar-refractivity contribution in [1.82, 2.24) is 15.6 Å². The number of hydrogen-bond acceptors (Lipinski definition) is 4. The molecule has 2 N–H and O–H groups in total. The second kappa shape index (κ2) is 9.75. The third-order valence-corrected chi connectivity index (χ3v) is 6.27. The Labute approximate surface area is 154 Å². The lowest BCUT2D eigenvalue weighted by Crippen LogP contribution is -2.46. The molecule has 1 heterocycles. The quantitative estimate of drug-likeness (QED) is 0.595. The van der Waals surface area contributed by atoms with Crippen molar-refractivity contribution in [2.75, 3.05) is 31.8 Å². The van der Waals surface area contributed by atoms with Crippen LogP contribution in [0.15, 0.2) is 23.2 Å². The van der Waals surface area contributed by atoms with Crippen LogP contribution >= 0.6 is 0 Å². The van der Waals surface area contributed by atoms with Gasteiger partial charge in [0, 0.05) is 49.0 Å². The molecule has 3 unspecified atom stereocenters. The summed E-state index contributed by atoms with van der Waals surface area (Å²) in [5.41, 5.74) is 0.975. The lowest BCUT2D eigenvalue weighted by Gasteiger charge is -2.30. The van der Waals surface area contributed by atoms with E-state index in [1.54, 1.807) is 7.05 Å². The van der Waals surface area contributed by atoms with Crippen molar-refractivity contribution < 1.29 is 4.21 Å². The number of hydrogen-bond donors (Lipinski definition) is 2. The zero-order chi connectivity index (χ0) is 18.2. The highest BCUT2D eigenvalue weighted by Gasteiger charge is 2.26. The smallest absolute Gasteiger partial charge is 0.191 e. The Bertz CT molecular complexity index is 605. The normalized spacial score (nSPS) is 22.3. The van der Waals surface area contributed by atoms with Gasteiger partial charge in [0.05, 0.1) is 12.2 Å². The van der Waals surface area contributed by atoms with Gasteiger partial charge in [0.25, 0.3) is 0 Å². The molecule has 1 fully saturated rings. The van der Waals surface area contributed by atoms with Crippen molar-refractivity contribution >= 4 is 22.6 Å². The van der Waals surface area contributed by atoms with Gasteiger partial charge in [0.2, 0.25) is 0 Å². The first-order valence-electron chi connectivity index (χ1n) is 9.01. The highest BCUT2D eigenvalue weighted by atomic mass is 32.2. The second-order valence-electron chi connectivity index (χ2n) is 6.61. The molecule has 3 atom stereocenters.